The summed E-state index contributed by atoms with van der Waals surface area (Å²) in [6, 6.07) is 8.89. The van der Waals surface area contributed by atoms with Crippen LogP contribution in [0.1, 0.15) is 52.0 Å². The molecular formula is C21H25NO5S2. The van der Waals surface area contributed by atoms with Crippen molar-refractivity contribution < 1.29 is 22.7 Å². The highest BCUT2D eigenvalue weighted by Crippen LogP contribution is 2.38. The molecule has 0 saturated heterocycles. The third kappa shape index (κ3) is 5.67. The van der Waals surface area contributed by atoms with Crippen LogP contribution < -0.4 is 5.32 Å². The number of carbonyl (C=O) groups is 2. The number of ether oxygens (including phenoxy) is 1. The molecule has 1 amide bonds. The van der Waals surface area contributed by atoms with E-state index < -0.39 is 21.7 Å². The fourth-order valence-corrected chi connectivity index (χ4v) is 6.12. The predicted octanol–water partition coefficient (Wildman–Crippen LogP) is 3.75. The molecule has 0 spiro atoms. The van der Waals surface area contributed by atoms with Crippen molar-refractivity contribution in [2.75, 3.05) is 18.2 Å². The van der Waals surface area contributed by atoms with E-state index in [1.54, 1.807) is 24.3 Å². The smallest absolute Gasteiger partial charge is 0.341 e. The average molecular weight is 436 g/mol. The first-order valence-corrected chi connectivity index (χ1v) is 12.3. The molecule has 0 atom stereocenters. The summed E-state index contributed by atoms with van der Waals surface area (Å²) in [6.45, 7) is 0. The van der Waals surface area contributed by atoms with Crippen molar-refractivity contribution >= 4 is 38.1 Å². The molecule has 1 aromatic heterocycles. The first kappa shape index (κ1) is 21.5. The Balaban J connectivity index is 1.68. The molecule has 0 fully saturated rings. The van der Waals surface area contributed by atoms with E-state index in [-0.39, 0.29) is 17.9 Å². The highest BCUT2D eigenvalue weighted by atomic mass is 32.2. The Morgan fingerprint density at radius 1 is 1.10 bits per heavy atom. The maximum absolute atomic E-state index is 12.4. The number of carbonyl (C=O) groups excluding carboxylic acids is 2. The van der Waals surface area contributed by atoms with Crippen LogP contribution in [0, 0.1) is 0 Å². The zero-order valence-corrected chi connectivity index (χ0v) is 18.0. The summed E-state index contributed by atoms with van der Waals surface area (Å²) in [5.41, 5.74) is 2.09. The number of amides is 1. The third-order valence-corrected chi connectivity index (χ3v) is 7.74. The second-order valence-corrected chi connectivity index (χ2v) is 10.4. The van der Waals surface area contributed by atoms with E-state index in [0.29, 0.717) is 16.1 Å². The minimum Gasteiger partial charge on any atom is -0.465 e. The van der Waals surface area contributed by atoms with E-state index in [4.69, 9.17) is 4.74 Å². The normalized spacial score (nSPS) is 14.0. The van der Waals surface area contributed by atoms with E-state index in [9.17, 15) is 18.0 Å². The number of benzene rings is 1. The minimum atomic E-state index is -3.41. The number of nitrogens with one attached hydrogen (secondary N) is 1. The summed E-state index contributed by atoms with van der Waals surface area (Å²) >= 11 is 1.40. The Hall–Kier alpha value is -2.19. The summed E-state index contributed by atoms with van der Waals surface area (Å²) in [6.07, 6.45) is 4.68. The molecular weight excluding hydrogens is 410 g/mol. The van der Waals surface area contributed by atoms with Gasteiger partial charge in [0.25, 0.3) is 0 Å². The molecule has 0 saturated carbocycles. The van der Waals surface area contributed by atoms with Gasteiger partial charge in [0, 0.05) is 11.3 Å². The lowest BCUT2D eigenvalue weighted by atomic mass is 10.1. The highest BCUT2D eigenvalue weighted by molar-refractivity contribution is 7.90. The van der Waals surface area contributed by atoms with E-state index in [2.05, 4.69) is 5.32 Å². The van der Waals surface area contributed by atoms with Crippen molar-refractivity contribution in [2.45, 2.75) is 44.3 Å². The fraction of sp³-hybridized carbons (Fsp3) is 0.429. The minimum absolute atomic E-state index is 0.0954. The number of fused-ring (bicyclic) bond motifs is 1. The second kappa shape index (κ2) is 9.54. The van der Waals surface area contributed by atoms with Crippen LogP contribution in [-0.4, -0.2) is 33.2 Å². The molecule has 1 aliphatic carbocycles. The number of hydrogen-bond donors (Lipinski definition) is 1. The monoisotopic (exact) mass is 435 g/mol. The summed E-state index contributed by atoms with van der Waals surface area (Å²) in [5.74, 6) is -1.21. The van der Waals surface area contributed by atoms with Crippen LogP contribution in [0.4, 0.5) is 5.00 Å². The van der Waals surface area contributed by atoms with Crippen LogP contribution in [0.25, 0.3) is 0 Å². The Labute approximate surface area is 175 Å². The third-order valence-electron chi connectivity index (χ3n) is 4.93. The molecule has 6 nitrogen and oxygen atoms in total. The maximum atomic E-state index is 12.4. The Morgan fingerprint density at radius 3 is 2.55 bits per heavy atom. The van der Waals surface area contributed by atoms with Gasteiger partial charge in [0.15, 0.2) is 9.84 Å². The lowest BCUT2D eigenvalue weighted by Crippen LogP contribution is -2.19. The van der Waals surface area contributed by atoms with E-state index in [1.807, 2.05) is 6.07 Å². The molecule has 1 aliphatic rings. The van der Waals surface area contributed by atoms with Crippen LogP contribution in [0.5, 0.6) is 0 Å². The standard InChI is InChI=1S/C21H25NO5S2/c1-27-21(24)19-16-10-6-3-7-11-17(16)28-20(19)22-18(23)12-13-29(25,26)14-15-8-4-2-5-9-15/h2,4-5,8-9H,3,6-7,10-14H2,1H3,(H,22,23). The molecule has 2 aromatic rings. The number of anilines is 1. The summed E-state index contributed by atoms with van der Waals surface area (Å²) < 4.78 is 29.6. The number of aryl methyl sites for hydroxylation is 1. The van der Waals surface area contributed by atoms with Gasteiger partial charge in [0.2, 0.25) is 5.91 Å². The second-order valence-electron chi connectivity index (χ2n) is 7.14. The molecule has 29 heavy (non-hydrogen) atoms. The van der Waals surface area contributed by atoms with Crippen molar-refractivity contribution in [3.63, 3.8) is 0 Å². The highest BCUT2D eigenvalue weighted by Gasteiger charge is 2.26. The molecule has 156 valence electrons. The lowest BCUT2D eigenvalue weighted by Gasteiger charge is -2.08. The van der Waals surface area contributed by atoms with Crippen LogP contribution in [0.2, 0.25) is 0 Å². The average Bonchev–Trinajstić information content (AvgIpc) is 2.87. The molecule has 0 aliphatic heterocycles. The van der Waals surface area contributed by atoms with Gasteiger partial charge in [0.1, 0.15) is 5.00 Å². The van der Waals surface area contributed by atoms with Crippen LogP contribution in [0.15, 0.2) is 30.3 Å². The topological polar surface area (TPSA) is 89.5 Å². The molecule has 1 heterocycles. The van der Waals surface area contributed by atoms with Crippen LogP contribution >= 0.6 is 11.3 Å². The quantitative estimate of drug-likeness (QED) is 0.528. The first-order chi connectivity index (χ1) is 13.9. The van der Waals surface area contributed by atoms with Crippen LogP contribution in [-0.2, 0) is 38.0 Å². The number of hydrogen-bond acceptors (Lipinski definition) is 6. The molecule has 8 heteroatoms. The number of thiophene rings is 1. The van der Waals surface area contributed by atoms with Gasteiger partial charge in [-0.15, -0.1) is 11.3 Å². The molecule has 0 bridgehead atoms. The zero-order valence-electron chi connectivity index (χ0n) is 16.4. The number of sulfone groups is 1. The van der Waals surface area contributed by atoms with Gasteiger partial charge < -0.3 is 10.1 Å². The molecule has 1 aromatic carbocycles. The van der Waals surface area contributed by atoms with Gasteiger partial charge in [-0.3, -0.25) is 4.79 Å². The fourth-order valence-electron chi connectivity index (χ4n) is 3.49. The van der Waals surface area contributed by atoms with Gasteiger partial charge in [0.05, 0.1) is 24.2 Å². The van der Waals surface area contributed by atoms with E-state index in [1.165, 1.54) is 18.4 Å². The van der Waals surface area contributed by atoms with Gasteiger partial charge in [-0.25, -0.2) is 13.2 Å². The summed E-state index contributed by atoms with van der Waals surface area (Å²) in [4.78, 5) is 25.9. The van der Waals surface area contributed by atoms with E-state index >= 15 is 0 Å². The summed E-state index contributed by atoms with van der Waals surface area (Å²) in [5, 5.41) is 3.22. The van der Waals surface area contributed by atoms with Crippen LogP contribution in [0.3, 0.4) is 0 Å². The van der Waals surface area contributed by atoms with Gasteiger partial charge in [-0.2, -0.15) is 0 Å². The molecule has 3 rings (SSSR count). The van der Waals surface area contributed by atoms with Gasteiger partial charge >= 0.3 is 5.97 Å². The Morgan fingerprint density at radius 2 is 1.83 bits per heavy atom. The van der Waals surface area contributed by atoms with Crippen molar-refractivity contribution in [1.29, 1.82) is 0 Å². The predicted molar refractivity (Wildman–Crippen MR) is 114 cm³/mol. The van der Waals surface area contributed by atoms with E-state index in [0.717, 1.165) is 42.5 Å². The SMILES string of the molecule is COC(=O)c1c(NC(=O)CCS(=O)(=O)Cc2ccccc2)sc2c1CCCCC2. The van der Waals surface area contributed by atoms with Gasteiger partial charge in [-0.05, 0) is 36.8 Å². The Bertz CT molecular complexity index is 980. The van der Waals surface area contributed by atoms with Crippen molar-refractivity contribution in [1.82, 2.24) is 0 Å². The number of esters is 1. The van der Waals surface area contributed by atoms with Crippen molar-refractivity contribution in [2.24, 2.45) is 0 Å². The molecule has 0 radical (unpaired) electrons. The molecule has 1 N–H and O–H groups in total. The summed E-state index contributed by atoms with van der Waals surface area (Å²) in [7, 11) is -2.08. The number of methoxy groups -OCH3 is 1. The van der Waals surface area contributed by atoms with Gasteiger partial charge in [-0.1, -0.05) is 36.8 Å². The lowest BCUT2D eigenvalue weighted by molar-refractivity contribution is -0.115. The first-order valence-electron chi connectivity index (χ1n) is 9.66. The maximum Gasteiger partial charge on any atom is 0.341 e. The van der Waals surface area contributed by atoms with Crippen molar-refractivity contribution in [3.8, 4) is 0 Å². The number of rotatable bonds is 7. The zero-order chi connectivity index (χ0) is 20.9. The molecule has 0 unspecified atom stereocenters. The van der Waals surface area contributed by atoms with Crippen molar-refractivity contribution in [3.05, 3.63) is 51.9 Å². The Kier molecular flexibility index (Phi) is 7.08. The largest absolute Gasteiger partial charge is 0.465 e.